The van der Waals surface area contributed by atoms with Crippen LogP contribution < -0.4 is 5.32 Å². The molecule has 0 radical (unpaired) electrons. The fourth-order valence-corrected chi connectivity index (χ4v) is 3.07. The van der Waals surface area contributed by atoms with Gasteiger partial charge in [0.1, 0.15) is 0 Å². The molecule has 0 unspecified atom stereocenters. The Kier molecular flexibility index (Phi) is 7.56. The molecule has 2 nitrogen and oxygen atoms in total. The Bertz CT molecular complexity index is 191. The van der Waals surface area contributed by atoms with Crippen molar-refractivity contribution in [3.8, 4) is 0 Å². The van der Waals surface area contributed by atoms with Crippen molar-refractivity contribution in [2.24, 2.45) is 5.41 Å². The van der Waals surface area contributed by atoms with Crippen LogP contribution in [0.5, 0.6) is 0 Å². The summed E-state index contributed by atoms with van der Waals surface area (Å²) < 4.78 is 5.53. The summed E-state index contributed by atoms with van der Waals surface area (Å²) in [7, 11) is 0. The van der Waals surface area contributed by atoms with Gasteiger partial charge in [-0.15, -0.1) is 0 Å². The summed E-state index contributed by atoms with van der Waals surface area (Å²) in [6.07, 6.45) is 5.20. The molecule has 1 fully saturated rings. The van der Waals surface area contributed by atoms with Crippen molar-refractivity contribution < 1.29 is 4.74 Å². The van der Waals surface area contributed by atoms with Crippen LogP contribution in [-0.2, 0) is 4.74 Å². The van der Waals surface area contributed by atoms with E-state index in [1.54, 1.807) is 0 Å². The summed E-state index contributed by atoms with van der Waals surface area (Å²) in [4.78, 5) is 0. The van der Waals surface area contributed by atoms with E-state index in [1.165, 1.54) is 43.7 Å². The fraction of sp³-hybridized carbons (Fsp3) is 1.00. The Hall–Kier alpha value is 0.270. The first-order chi connectivity index (χ1) is 8.18. The van der Waals surface area contributed by atoms with Crippen LogP contribution in [-0.4, -0.2) is 37.3 Å². The molecule has 17 heavy (non-hydrogen) atoms. The third-order valence-corrected chi connectivity index (χ3v) is 4.62. The van der Waals surface area contributed by atoms with Crippen molar-refractivity contribution in [2.45, 2.75) is 52.5 Å². The maximum atomic E-state index is 5.53. The highest BCUT2D eigenvalue weighted by Crippen LogP contribution is 2.35. The normalized spacial score (nSPS) is 19.8. The summed E-state index contributed by atoms with van der Waals surface area (Å²) >= 11 is 2.07. The van der Waals surface area contributed by atoms with Crippen LogP contribution in [0.4, 0.5) is 0 Å². The van der Waals surface area contributed by atoms with E-state index in [2.05, 4.69) is 37.8 Å². The summed E-state index contributed by atoms with van der Waals surface area (Å²) in [5.41, 5.74) is 0.511. The van der Waals surface area contributed by atoms with Gasteiger partial charge < -0.3 is 10.1 Å². The van der Waals surface area contributed by atoms with Crippen molar-refractivity contribution in [1.82, 2.24) is 5.32 Å². The largest absolute Gasteiger partial charge is 0.381 e. The van der Waals surface area contributed by atoms with Gasteiger partial charge in [0.25, 0.3) is 0 Å². The van der Waals surface area contributed by atoms with Gasteiger partial charge in [-0.25, -0.2) is 0 Å². The van der Waals surface area contributed by atoms with Gasteiger partial charge in [0.2, 0.25) is 0 Å². The first-order valence-electron chi connectivity index (χ1n) is 7.07. The number of ether oxygens (including phenoxy) is 1. The second-order valence-electron chi connectivity index (χ2n) is 5.45. The van der Waals surface area contributed by atoms with E-state index < -0.39 is 0 Å². The highest BCUT2D eigenvalue weighted by Gasteiger charge is 2.31. The monoisotopic (exact) mass is 259 g/mol. The van der Waals surface area contributed by atoms with Crippen LogP contribution in [0, 0.1) is 5.41 Å². The molecule has 0 aromatic carbocycles. The molecule has 0 amide bonds. The molecule has 0 saturated carbocycles. The van der Waals surface area contributed by atoms with Gasteiger partial charge >= 0.3 is 0 Å². The van der Waals surface area contributed by atoms with E-state index in [1.807, 2.05) is 0 Å². The zero-order valence-electron chi connectivity index (χ0n) is 11.8. The quantitative estimate of drug-likeness (QED) is 0.676. The maximum absolute atomic E-state index is 5.53. The highest BCUT2D eigenvalue weighted by molar-refractivity contribution is 7.99. The third kappa shape index (κ3) is 6.12. The summed E-state index contributed by atoms with van der Waals surface area (Å²) in [6, 6.07) is 0.597. The third-order valence-electron chi connectivity index (χ3n) is 3.64. The van der Waals surface area contributed by atoms with Crippen LogP contribution in [0.25, 0.3) is 0 Å². The first kappa shape index (κ1) is 15.3. The molecule has 3 heteroatoms. The molecule has 0 aromatic rings. The molecule has 1 heterocycles. The van der Waals surface area contributed by atoms with Crippen molar-refractivity contribution in [3.63, 3.8) is 0 Å². The molecule has 0 aromatic heterocycles. The minimum atomic E-state index is 0.511. The van der Waals surface area contributed by atoms with Gasteiger partial charge in [0.15, 0.2) is 0 Å². The zero-order chi connectivity index (χ0) is 12.6. The smallest absolute Gasteiger partial charge is 0.0471 e. The average molecular weight is 259 g/mol. The first-order valence-corrected chi connectivity index (χ1v) is 8.23. The highest BCUT2D eigenvalue weighted by atomic mass is 32.2. The summed E-state index contributed by atoms with van der Waals surface area (Å²) in [5, 5.41) is 3.63. The molecule has 1 rings (SSSR count). The Morgan fingerprint density at radius 1 is 1.29 bits per heavy atom. The van der Waals surface area contributed by atoms with Gasteiger partial charge in [-0.05, 0) is 42.6 Å². The van der Waals surface area contributed by atoms with E-state index >= 15 is 0 Å². The van der Waals surface area contributed by atoms with Crippen LogP contribution >= 0.6 is 11.8 Å². The van der Waals surface area contributed by atoms with Gasteiger partial charge in [-0.1, -0.05) is 20.8 Å². The number of hydrogen-bond donors (Lipinski definition) is 1. The Morgan fingerprint density at radius 2 is 2.00 bits per heavy atom. The topological polar surface area (TPSA) is 21.3 Å². The van der Waals surface area contributed by atoms with Crippen LogP contribution in [0.2, 0.25) is 0 Å². The lowest BCUT2D eigenvalue weighted by Gasteiger charge is -2.38. The van der Waals surface area contributed by atoms with Crippen molar-refractivity contribution >= 4 is 11.8 Å². The molecule has 1 saturated heterocycles. The summed E-state index contributed by atoms with van der Waals surface area (Å²) in [5.74, 6) is 2.57. The Labute approximate surface area is 111 Å². The van der Waals surface area contributed by atoms with E-state index in [9.17, 15) is 0 Å². The second kappa shape index (κ2) is 8.39. The van der Waals surface area contributed by atoms with Gasteiger partial charge in [0, 0.05) is 25.8 Å². The maximum Gasteiger partial charge on any atom is 0.0471 e. The van der Waals surface area contributed by atoms with Crippen molar-refractivity contribution in [2.75, 3.05) is 31.3 Å². The van der Waals surface area contributed by atoms with Gasteiger partial charge in [-0.3, -0.25) is 0 Å². The molecule has 0 aliphatic carbocycles. The van der Waals surface area contributed by atoms with Crippen LogP contribution in [0.1, 0.15) is 46.5 Å². The number of nitrogens with one attached hydrogen (secondary N) is 1. The average Bonchev–Trinajstić information content (AvgIpc) is 2.34. The SMILES string of the molecule is CCSCCCC1(CNC(C)C)CCOCC1. The number of rotatable bonds is 8. The zero-order valence-corrected chi connectivity index (χ0v) is 12.6. The molecule has 0 spiro atoms. The minimum Gasteiger partial charge on any atom is -0.381 e. The lowest BCUT2D eigenvalue weighted by atomic mass is 9.76. The van der Waals surface area contributed by atoms with Crippen LogP contribution in [0.15, 0.2) is 0 Å². The van der Waals surface area contributed by atoms with E-state index in [0.717, 1.165) is 13.2 Å². The molecule has 0 atom stereocenters. The van der Waals surface area contributed by atoms with Crippen molar-refractivity contribution in [1.29, 1.82) is 0 Å². The Balaban J connectivity index is 2.35. The molecule has 102 valence electrons. The standard InChI is InChI=1S/C14H29NOS/c1-4-17-11-5-6-14(12-15-13(2)3)7-9-16-10-8-14/h13,15H,4-12H2,1-3H3. The predicted molar refractivity (Wildman–Crippen MR) is 77.9 cm³/mol. The second-order valence-corrected chi connectivity index (χ2v) is 6.84. The molecule has 1 N–H and O–H groups in total. The molecule has 0 bridgehead atoms. The molecule has 1 aliphatic rings. The minimum absolute atomic E-state index is 0.511. The molecular formula is C14H29NOS. The lowest BCUT2D eigenvalue weighted by molar-refractivity contribution is 0.00934. The van der Waals surface area contributed by atoms with Gasteiger partial charge in [-0.2, -0.15) is 11.8 Å². The van der Waals surface area contributed by atoms with Crippen molar-refractivity contribution in [3.05, 3.63) is 0 Å². The van der Waals surface area contributed by atoms with E-state index in [0.29, 0.717) is 11.5 Å². The van der Waals surface area contributed by atoms with E-state index in [4.69, 9.17) is 4.74 Å². The van der Waals surface area contributed by atoms with Crippen LogP contribution in [0.3, 0.4) is 0 Å². The predicted octanol–water partition coefficient (Wildman–Crippen LogP) is 3.31. The Morgan fingerprint density at radius 3 is 2.59 bits per heavy atom. The number of hydrogen-bond acceptors (Lipinski definition) is 3. The fourth-order valence-electron chi connectivity index (χ4n) is 2.43. The number of thioether (sulfide) groups is 1. The molecular weight excluding hydrogens is 230 g/mol. The summed E-state index contributed by atoms with van der Waals surface area (Å²) in [6.45, 7) is 9.81. The lowest BCUT2D eigenvalue weighted by Crippen LogP contribution is -2.41. The molecule has 1 aliphatic heterocycles. The van der Waals surface area contributed by atoms with E-state index in [-0.39, 0.29) is 0 Å². The van der Waals surface area contributed by atoms with Gasteiger partial charge in [0.05, 0.1) is 0 Å².